The molecule has 0 saturated carbocycles. The molecule has 0 radical (unpaired) electrons. The van der Waals surface area contributed by atoms with E-state index in [0.717, 1.165) is 11.1 Å². The SMILES string of the molecule is CNC(=O)c1ccc(/C=C/C(=O)N2CCOC(c3ccc(F)cc3)C2)cc1. The van der Waals surface area contributed by atoms with Gasteiger partial charge in [0.15, 0.2) is 0 Å². The molecule has 27 heavy (non-hydrogen) atoms. The number of nitrogens with zero attached hydrogens (tertiary/aromatic N) is 1. The second kappa shape index (κ2) is 8.60. The van der Waals surface area contributed by atoms with Crippen LogP contribution in [0.25, 0.3) is 6.08 Å². The number of hydrogen-bond acceptors (Lipinski definition) is 3. The Morgan fingerprint density at radius 3 is 2.52 bits per heavy atom. The molecule has 0 spiro atoms. The van der Waals surface area contributed by atoms with E-state index in [1.807, 2.05) is 0 Å². The summed E-state index contributed by atoms with van der Waals surface area (Å²) in [5.41, 5.74) is 2.25. The third-order valence-corrected chi connectivity index (χ3v) is 4.44. The first-order valence-electron chi connectivity index (χ1n) is 8.73. The van der Waals surface area contributed by atoms with Crippen LogP contribution in [-0.4, -0.2) is 43.5 Å². The number of nitrogens with one attached hydrogen (secondary N) is 1. The third kappa shape index (κ3) is 4.80. The lowest BCUT2D eigenvalue weighted by Crippen LogP contribution is -2.41. The van der Waals surface area contributed by atoms with Crippen LogP contribution < -0.4 is 5.32 Å². The third-order valence-electron chi connectivity index (χ3n) is 4.44. The zero-order chi connectivity index (χ0) is 19.2. The number of amides is 2. The van der Waals surface area contributed by atoms with Crippen LogP contribution in [0.1, 0.15) is 27.6 Å². The molecule has 1 fully saturated rings. The van der Waals surface area contributed by atoms with Crippen molar-refractivity contribution >= 4 is 17.9 Å². The Morgan fingerprint density at radius 1 is 1.15 bits per heavy atom. The van der Waals surface area contributed by atoms with Gasteiger partial charge in [-0.15, -0.1) is 0 Å². The van der Waals surface area contributed by atoms with Gasteiger partial charge in [-0.1, -0.05) is 24.3 Å². The largest absolute Gasteiger partial charge is 0.370 e. The topological polar surface area (TPSA) is 58.6 Å². The summed E-state index contributed by atoms with van der Waals surface area (Å²) in [7, 11) is 1.58. The van der Waals surface area contributed by atoms with Gasteiger partial charge in [0.25, 0.3) is 5.91 Å². The van der Waals surface area contributed by atoms with Gasteiger partial charge in [0.05, 0.1) is 13.2 Å². The van der Waals surface area contributed by atoms with Crippen LogP contribution in [0.5, 0.6) is 0 Å². The van der Waals surface area contributed by atoms with E-state index in [9.17, 15) is 14.0 Å². The monoisotopic (exact) mass is 368 g/mol. The Kier molecular flexibility index (Phi) is 5.98. The van der Waals surface area contributed by atoms with Crippen LogP contribution in [0.4, 0.5) is 4.39 Å². The van der Waals surface area contributed by atoms with Gasteiger partial charge < -0.3 is 15.0 Å². The molecule has 2 amide bonds. The minimum Gasteiger partial charge on any atom is -0.370 e. The number of ether oxygens (including phenoxy) is 1. The number of halogens is 1. The van der Waals surface area contributed by atoms with Crippen LogP contribution in [0.2, 0.25) is 0 Å². The number of morpholine rings is 1. The first-order chi connectivity index (χ1) is 13.1. The van der Waals surface area contributed by atoms with Crippen molar-refractivity contribution in [2.45, 2.75) is 6.10 Å². The molecule has 1 unspecified atom stereocenters. The molecule has 1 atom stereocenters. The van der Waals surface area contributed by atoms with Gasteiger partial charge in [0.2, 0.25) is 5.91 Å². The fourth-order valence-corrected chi connectivity index (χ4v) is 2.89. The summed E-state index contributed by atoms with van der Waals surface area (Å²) >= 11 is 0. The molecule has 1 heterocycles. The van der Waals surface area contributed by atoms with Gasteiger partial charge in [-0.25, -0.2) is 4.39 Å². The highest BCUT2D eigenvalue weighted by Gasteiger charge is 2.24. The highest BCUT2D eigenvalue weighted by Crippen LogP contribution is 2.22. The number of rotatable bonds is 4. The predicted molar refractivity (Wildman–Crippen MR) is 101 cm³/mol. The molecular formula is C21H21FN2O3. The van der Waals surface area contributed by atoms with Gasteiger partial charge in [-0.3, -0.25) is 9.59 Å². The molecule has 0 aromatic heterocycles. The molecule has 3 rings (SSSR count). The first kappa shape index (κ1) is 18.8. The number of hydrogen-bond donors (Lipinski definition) is 1. The molecule has 1 aliphatic heterocycles. The quantitative estimate of drug-likeness (QED) is 0.845. The van der Waals surface area contributed by atoms with E-state index < -0.39 is 0 Å². The van der Waals surface area contributed by atoms with Crippen molar-refractivity contribution in [3.8, 4) is 0 Å². The molecule has 6 heteroatoms. The minimum atomic E-state index is -0.298. The number of carbonyl (C=O) groups excluding carboxylic acids is 2. The van der Waals surface area contributed by atoms with Gasteiger partial charge in [0, 0.05) is 25.2 Å². The van der Waals surface area contributed by atoms with Crippen LogP contribution in [-0.2, 0) is 9.53 Å². The molecule has 140 valence electrons. The number of benzene rings is 2. The maximum Gasteiger partial charge on any atom is 0.251 e. The highest BCUT2D eigenvalue weighted by molar-refractivity contribution is 5.94. The van der Waals surface area contributed by atoms with Crippen LogP contribution in [0.3, 0.4) is 0 Å². The molecule has 2 aromatic rings. The summed E-state index contributed by atoms with van der Waals surface area (Å²) in [6, 6.07) is 13.1. The fourth-order valence-electron chi connectivity index (χ4n) is 2.89. The summed E-state index contributed by atoms with van der Waals surface area (Å²) < 4.78 is 18.8. The molecule has 1 saturated heterocycles. The lowest BCUT2D eigenvalue weighted by Gasteiger charge is -2.32. The van der Waals surface area contributed by atoms with E-state index in [0.29, 0.717) is 25.3 Å². The first-order valence-corrected chi connectivity index (χ1v) is 8.73. The Morgan fingerprint density at radius 2 is 1.85 bits per heavy atom. The lowest BCUT2D eigenvalue weighted by molar-refractivity contribution is -0.133. The number of carbonyl (C=O) groups is 2. The van der Waals surface area contributed by atoms with Crippen LogP contribution in [0, 0.1) is 5.82 Å². The summed E-state index contributed by atoms with van der Waals surface area (Å²) in [6.45, 7) is 1.36. The van der Waals surface area contributed by atoms with Crippen LogP contribution in [0.15, 0.2) is 54.6 Å². The van der Waals surface area contributed by atoms with Crippen molar-refractivity contribution in [3.05, 3.63) is 77.1 Å². The highest BCUT2D eigenvalue weighted by atomic mass is 19.1. The maximum absolute atomic E-state index is 13.1. The Labute approximate surface area is 157 Å². The summed E-state index contributed by atoms with van der Waals surface area (Å²) in [5.74, 6) is -0.560. The normalized spacial score (nSPS) is 17.1. The predicted octanol–water partition coefficient (Wildman–Crippen LogP) is 2.80. The van der Waals surface area contributed by atoms with Crippen molar-refractivity contribution in [1.82, 2.24) is 10.2 Å². The van der Waals surface area contributed by atoms with E-state index in [2.05, 4.69) is 5.32 Å². The standard InChI is InChI=1S/C21H21FN2O3/c1-23-21(26)17-5-2-15(3-6-17)4-11-20(25)24-12-13-27-19(14-24)16-7-9-18(22)10-8-16/h2-11,19H,12-14H2,1H3,(H,23,26)/b11-4+. The molecule has 0 aliphatic carbocycles. The average molecular weight is 368 g/mol. The molecular weight excluding hydrogens is 347 g/mol. The van der Waals surface area contributed by atoms with Crippen molar-refractivity contribution in [3.63, 3.8) is 0 Å². The van der Waals surface area contributed by atoms with Crippen molar-refractivity contribution < 1.29 is 18.7 Å². The van der Waals surface area contributed by atoms with Crippen molar-refractivity contribution in [2.75, 3.05) is 26.7 Å². The molecule has 2 aromatic carbocycles. The lowest BCUT2D eigenvalue weighted by atomic mass is 10.1. The summed E-state index contributed by atoms with van der Waals surface area (Å²) in [4.78, 5) is 25.7. The molecule has 1 N–H and O–H groups in total. The zero-order valence-electron chi connectivity index (χ0n) is 15.0. The van der Waals surface area contributed by atoms with Crippen molar-refractivity contribution in [2.24, 2.45) is 0 Å². The smallest absolute Gasteiger partial charge is 0.251 e. The maximum atomic E-state index is 13.1. The fraction of sp³-hybridized carbons (Fsp3) is 0.238. The van der Waals surface area contributed by atoms with E-state index >= 15 is 0 Å². The average Bonchev–Trinajstić information content (AvgIpc) is 2.72. The molecule has 1 aliphatic rings. The Bertz CT molecular complexity index is 832. The second-order valence-electron chi connectivity index (χ2n) is 6.23. The van der Waals surface area contributed by atoms with E-state index in [-0.39, 0.29) is 23.7 Å². The Hall–Kier alpha value is -2.99. The Balaban J connectivity index is 1.62. The summed E-state index contributed by atoms with van der Waals surface area (Å²) in [5, 5.41) is 2.56. The minimum absolute atomic E-state index is 0.110. The molecule has 0 bridgehead atoms. The van der Waals surface area contributed by atoms with E-state index in [1.165, 1.54) is 18.2 Å². The van der Waals surface area contributed by atoms with Crippen LogP contribution >= 0.6 is 0 Å². The van der Waals surface area contributed by atoms with Crippen molar-refractivity contribution in [1.29, 1.82) is 0 Å². The van der Waals surface area contributed by atoms with Gasteiger partial charge in [-0.05, 0) is 41.5 Å². The van der Waals surface area contributed by atoms with E-state index in [4.69, 9.17) is 4.74 Å². The second-order valence-corrected chi connectivity index (χ2v) is 6.23. The van der Waals surface area contributed by atoms with Gasteiger partial charge >= 0.3 is 0 Å². The zero-order valence-corrected chi connectivity index (χ0v) is 15.0. The van der Waals surface area contributed by atoms with Gasteiger partial charge in [0.1, 0.15) is 11.9 Å². The molecule has 5 nitrogen and oxygen atoms in total. The summed E-state index contributed by atoms with van der Waals surface area (Å²) in [6.07, 6.45) is 2.98. The van der Waals surface area contributed by atoms with E-state index in [1.54, 1.807) is 54.4 Å². The van der Waals surface area contributed by atoms with Gasteiger partial charge in [-0.2, -0.15) is 0 Å².